The standard InChI is InChI=1S/C20H28N2O5/c1-3-26-16-10-8-15(9-11-16)20(25)21-12-19(24)27-13-18(23)22-17-7-5-4-6-14(17)2/h8-11,14,17H,3-7,12-13H2,1-2H3,(H,21,25)(H,22,23)/t14-,17-/m0/s1. The molecule has 2 rings (SSSR count). The number of esters is 1. The number of rotatable bonds is 8. The highest BCUT2D eigenvalue weighted by molar-refractivity contribution is 5.96. The first-order valence-corrected chi connectivity index (χ1v) is 9.45. The van der Waals surface area contributed by atoms with E-state index in [2.05, 4.69) is 17.6 Å². The predicted octanol–water partition coefficient (Wildman–Crippen LogP) is 2.05. The van der Waals surface area contributed by atoms with Gasteiger partial charge in [-0.15, -0.1) is 0 Å². The molecule has 7 nitrogen and oxygen atoms in total. The SMILES string of the molecule is CCOc1ccc(C(=O)NCC(=O)OCC(=O)N[C@H]2CCCC[C@@H]2C)cc1. The molecule has 0 saturated heterocycles. The van der Waals surface area contributed by atoms with Crippen molar-refractivity contribution >= 4 is 17.8 Å². The van der Waals surface area contributed by atoms with E-state index < -0.39 is 11.9 Å². The van der Waals surface area contributed by atoms with Crippen LogP contribution in [-0.2, 0) is 14.3 Å². The highest BCUT2D eigenvalue weighted by Gasteiger charge is 2.23. The Morgan fingerprint density at radius 1 is 1.11 bits per heavy atom. The van der Waals surface area contributed by atoms with Crippen LogP contribution in [0, 0.1) is 5.92 Å². The minimum Gasteiger partial charge on any atom is -0.494 e. The molecule has 0 radical (unpaired) electrons. The molecular formula is C20H28N2O5. The Morgan fingerprint density at radius 3 is 2.48 bits per heavy atom. The molecule has 1 saturated carbocycles. The van der Waals surface area contributed by atoms with Gasteiger partial charge in [-0.3, -0.25) is 14.4 Å². The lowest BCUT2D eigenvalue weighted by atomic mass is 9.86. The van der Waals surface area contributed by atoms with E-state index in [-0.39, 0.29) is 25.1 Å². The monoisotopic (exact) mass is 376 g/mol. The topological polar surface area (TPSA) is 93.7 Å². The van der Waals surface area contributed by atoms with Gasteiger partial charge in [-0.05, 0) is 49.9 Å². The summed E-state index contributed by atoms with van der Waals surface area (Å²) in [5.41, 5.74) is 0.412. The molecule has 0 heterocycles. The third kappa shape index (κ3) is 6.92. The molecule has 1 fully saturated rings. The summed E-state index contributed by atoms with van der Waals surface area (Å²) in [6.45, 7) is 3.92. The first-order chi connectivity index (χ1) is 13.0. The summed E-state index contributed by atoms with van der Waals surface area (Å²) in [6, 6.07) is 6.75. The van der Waals surface area contributed by atoms with Crippen molar-refractivity contribution in [3.8, 4) is 5.75 Å². The van der Waals surface area contributed by atoms with E-state index in [4.69, 9.17) is 9.47 Å². The number of carbonyl (C=O) groups is 3. The van der Waals surface area contributed by atoms with Gasteiger partial charge in [-0.25, -0.2) is 0 Å². The Balaban J connectivity index is 1.67. The molecule has 27 heavy (non-hydrogen) atoms. The Kier molecular flexibility index (Phi) is 8.10. The van der Waals surface area contributed by atoms with Gasteiger partial charge < -0.3 is 20.1 Å². The van der Waals surface area contributed by atoms with Crippen LogP contribution in [0.3, 0.4) is 0 Å². The fraction of sp³-hybridized carbons (Fsp3) is 0.550. The fourth-order valence-corrected chi connectivity index (χ4v) is 3.10. The van der Waals surface area contributed by atoms with Crippen molar-refractivity contribution in [2.24, 2.45) is 5.92 Å². The maximum absolute atomic E-state index is 12.0. The molecule has 2 atom stereocenters. The fourth-order valence-electron chi connectivity index (χ4n) is 3.10. The van der Waals surface area contributed by atoms with E-state index in [9.17, 15) is 14.4 Å². The summed E-state index contributed by atoms with van der Waals surface area (Å²) in [4.78, 5) is 35.7. The molecule has 2 amide bonds. The molecule has 0 spiro atoms. The number of ether oxygens (including phenoxy) is 2. The molecule has 148 valence electrons. The number of amides is 2. The normalized spacial score (nSPS) is 19.0. The first kappa shape index (κ1) is 20.7. The number of nitrogens with one attached hydrogen (secondary N) is 2. The molecule has 1 aromatic carbocycles. The van der Waals surface area contributed by atoms with Crippen LogP contribution in [0.2, 0.25) is 0 Å². The quantitative estimate of drug-likeness (QED) is 0.678. The summed E-state index contributed by atoms with van der Waals surface area (Å²) in [5.74, 6) is -0.241. The smallest absolute Gasteiger partial charge is 0.325 e. The Morgan fingerprint density at radius 2 is 1.81 bits per heavy atom. The number of carbonyl (C=O) groups excluding carboxylic acids is 3. The van der Waals surface area contributed by atoms with E-state index in [1.807, 2.05) is 6.92 Å². The van der Waals surface area contributed by atoms with Crippen molar-refractivity contribution in [3.63, 3.8) is 0 Å². The van der Waals surface area contributed by atoms with Crippen LogP contribution in [0.1, 0.15) is 49.9 Å². The highest BCUT2D eigenvalue weighted by Crippen LogP contribution is 2.23. The van der Waals surface area contributed by atoms with E-state index >= 15 is 0 Å². The number of benzene rings is 1. The highest BCUT2D eigenvalue weighted by atomic mass is 16.5. The van der Waals surface area contributed by atoms with Crippen molar-refractivity contribution in [2.45, 2.75) is 45.6 Å². The van der Waals surface area contributed by atoms with Crippen molar-refractivity contribution in [3.05, 3.63) is 29.8 Å². The lowest BCUT2D eigenvalue weighted by Crippen LogP contribution is -2.43. The maximum Gasteiger partial charge on any atom is 0.325 e. The second-order valence-electron chi connectivity index (χ2n) is 6.74. The van der Waals surface area contributed by atoms with Gasteiger partial charge in [-0.2, -0.15) is 0 Å². The van der Waals surface area contributed by atoms with Gasteiger partial charge in [0.25, 0.3) is 11.8 Å². The molecule has 0 unspecified atom stereocenters. The van der Waals surface area contributed by atoms with Crippen molar-refractivity contribution in [1.82, 2.24) is 10.6 Å². The third-order valence-corrected chi connectivity index (χ3v) is 4.64. The molecule has 0 aromatic heterocycles. The lowest BCUT2D eigenvalue weighted by molar-refractivity contribution is -0.147. The summed E-state index contributed by atoms with van der Waals surface area (Å²) in [7, 11) is 0. The summed E-state index contributed by atoms with van der Waals surface area (Å²) < 4.78 is 10.2. The van der Waals surface area contributed by atoms with Crippen molar-refractivity contribution < 1.29 is 23.9 Å². The van der Waals surface area contributed by atoms with Gasteiger partial charge >= 0.3 is 5.97 Å². The van der Waals surface area contributed by atoms with E-state index in [1.54, 1.807) is 24.3 Å². The van der Waals surface area contributed by atoms with Gasteiger partial charge in [0.1, 0.15) is 12.3 Å². The second kappa shape index (κ2) is 10.5. The Bertz CT molecular complexity index is 644. The van der Waals surface area contributed by atoms with Crippen LogP contribution < -0.4 is 15.4 Å². The summed E-state index contributed by atoms with van der Waals surface area (Å²) in [6.07, 6.45) is 4.35. The average Bonchev–Trinajstić information content (AvgIpc) is 2.67. The Labute approximate surface area is 159 Å². The van der Waals surface area contributed by atoms with E-state index in [0.29, 0.717) is 23.8 Å². The van der Waals surface area contributed by atoms with Crippen LogP contribution in [0.15, 0.2) is 24.3 Å². The van der Waals surface area contributed by atoms with Crippen LogP contribution in [0.4, 0.5) is 0 Å². The molecule has 0 bridgehead atoms. The summed E-state index contributed by atoms with van der Waals surface area (Å²) in [5, 5.41) is 5.39. The van der Waals surface area contributed by atoms with Crippen LogP contribution in [0.25, 0.3) is 0 Å². The van der Waals surface area contributed by atoms with Gasteiger partial charge in [0, 0.05) is 11.6 Å². The largest absolute Gasteiger partial charge is 0.494 e. The zero-order chi connectivity index (χ0) is 19.6. The molecule has 2 N–H and O–H groups in total. The predicted molar refractivity (Wildman–Crippen MR) is 100 cm³/mol. The third-order valence-electron chi connectivity index (χ3n) is 4.64. The van der Waals surface area contributed by atoms with Gasteiger partial charge in [0.05, 0.1) is 6.61 Å². The van der Waals surface area contributed by atoms with Gasteiger partial charge in [0.2, 0.25) is 0 Å². The van der Waals surface area contributed by atoms with Gasteiger partial charge in [-0.1, -0.05) is 19.8 Å². The van der Waals surface area contributed by atoms with E-state index in [1.165, 1.54) is 6.42 Å². The second-order valence-corrected chi connectivity index (χ2v) is 6.74. The van der Waals surface area contributed by atoms with Crippen LogP contribution in [-0.4, -0.2) is 43.6 Å². The molecule has 7 heteroatoms. The molecule has 1 aromatic rings. The lowest BCUT2D eigenvalue weighted by Gasteiger charge is -2.29. The maximum atomic E-state index is 12.0. The molecule has 1 aliphatic carbocycles. The van der Waals surface area contributed by atoms with E-state index in [0.717, 1.165) is 19.3 Å². The average molecular weight is 376 g/mol. The number of hydrogen-bond donors (Lipinski definition) is 2. The van der Waals surface area contributed by atoms with Crippen LogP contribution in [0.5, 0.6) is 5.75 Å². The molecule has 1 aliphatic rings. The first-order valence-electron chi connectivity index (χ1n) is 9.45. The zero-order valence-corrected chi connectivity index (χ0v) is 16.0. The van der Waals surface area contributed by atoms with Crippen molar-refractivity contribution in [2.75, 3.05) is 19.8 Å². The minimum absolute atomic E-state index is 0.143. The van der Waals surface area contributed by atoms with Crippen molar-refractivity contribution in [1.29, 1.82) is 0 Å². The summed E-state index contributed by atoms with van der Waals surface area (Å²) >= 11 is 0. The zero-order valence-electron chi connectivity index (χ0n) is 16.0. The molecule has 0 aliphatic heterocycles. The Hall–Kier alpha value is -2.57. The van der Waals surface area contributed by atoms with Crippen LogP contribution >= 0.6 is 0 Å². The molecular weight excluding hydrogens is 348 g/mol. The minimum atomic E-state index is -0.652. The number of hydrogen-bond acceptors (Lipinski definition) is 5. The van der Waals surface area contributed by atoms with Gasteiger partial charge in [0.15, 0.2) is 6.61 Å².